The Morgan fingerprint density at radius 1 is 1.12 bits per heavy atom. The zero-order valence-corrected chi connectivity index (χ0v) is 14.6. The van der Waals surface area contributed by atoms with Gasteiger partial charge in [-0.15, -0.1) is 0 Å². The second kappa shape index (κ2) is 7.62. The van der Waals surface area contributed by atoms with Crippen molar-refractivity contribution in [2.75, 3.05) is 38.3 Å². The number of ether oxygens (including phenoxy) is 2. The normalized spacial score (nSPS) is 20.6. The average molecular weight is 345 g/mol. The lowest BCUT2D eigenvalue weighted by Crippen LogP contribution is -2.43. The number of benzene rings is 1. The number of carbonyl (C=O) groups is 1. The molecule has 0 bridgehead atoms. The molecule has 0 atom stereocenters. The number of nitrogens with one attached hydrogen (secondary N) is 2. The van der Waals surface area contributed by atoms with Crippen LogP contribution < -0.4 is 20.1 Å². The van der Waals surface area contributed by atoms with Crippen LogP contribution in [0.3, 0.4) is 0 Å². The van der Waals surface area contributed by atoms with Crippen LogP contribution >= 0.6 is 0 Å². The van der Waals surface area contributed by atoms with Crippen LogP contribution in [0.2, 0.25) is 0 Å². The molecule has 1 aliphatic carbocycles. The highest BCUT2D eigenvalue weighted by Gasteiger charge is 2.24. The Balaban J connectivity index is 1.15. The predicted molar refractivity (Wildman–Crippen MR) is 96.0 cm³/mol. The lowest BCUT2D eigenvalue weighted by atomic mass is 10.0. The number of anilines is 1. The number of amides is 1. The van der Waals surface area contributed by atoms with Gasteiger partial charge in [-0.25, -0.2) is 0 Å². The fourth-order valence-corrected chi connectivity index (χ4v) is 3.47. The van der Waals surface area contributed by atoms with Crippen molar-refractivity contribution in [2.24, 2.45) is 5.92 Å². The number of carbonyl (C=O) groups excluding carboxylic acids is 1. The molecule has 0 aromatic heterocycles. The van der Waals surface area contributed by atoms with Gasteiger partial charge in [-0.1, -0.05) is 0 Å². The van der Waals surface area contributed by atoms with Gasteiger partial charge in [0.1, 0.15) is 0 Å². The van der Waals surface area contributed by atoms with Crippen LogP contribution in [0.15, 0.2) is 18.2 Å². The van der Waals surface area contributed by atoms with Gasteiger partial charge >= 0.3 is 0 Å². The molecular formula is C19H27N3O3. The fraction of sp³-hybridized carbons (Fsp3) is 0.632. The van der Waals surface area contributed by atoms with Gasteiger partial charge in [-0.05, 0) is 63.4 Å². The first-order valence-corrected chi connectivity index (χ1v) is 9.41. The van der Waals surface area contributed by atoms with E-state index in [1.165, 1.54) is 32.2 Å². The Hall–Kier alpha value is -1.79. The summed E-state index contributed by atoms with van der Waals surface area (Å²) in [6.07, 6.45) is 5.72. The molecule has 1 aromatic rings. The monoisotopic (exact) mass is 345 g/mol. The first-order chi connectivity index (χ1) is 12.3. The van der Waals surface area contributed by atoms with E-state index in [0.29, 0.717) is 18.2 Å². The highest BCUT2D eigenvalue weighted by molar-refractivity contribution is 5.91. The van der Waals surface area contributed by atoms with Crippen LogP contribution in [0.5, 0.6) is 11.5 Å². The number of likely N-dealkylation sites (tertiary alicyclic amines) is 1. The molecule has 2 heterocycles. The van der Waals surface area contributed by atoms with Crippen molar-refractivity contribution in [3.8, 4) is 11.5 Å². The van der Waals surface area contributed by atoms with Gasteiger partial charge in [-0.2, -0.15) is 0 Å². The molecule has 2 fully saturated rings. The van der Waals surface area contributed by atoms with E-state index >= 15 is 0 Å². The van der Waals surface area contributed by atoms with Crippen molar-refractivity contribution in [3.63, 3.8) is 0 Å². The standard InChI is InChI=1S/C19H27N3O3/c23-19(21-16-3-4-17-18(11-16)25-13-24-17)7-10-22-8-5-15(6-9-22)20-12-14-1-2-14/h3-4,11,14-15,20H,1-2,5-10,12-13H2,(H,21,23). The summed E-state index contributed by atoms with van der Waals surface area (Å²) in [6, 6.07) is 6.16. The number of hydrogen-bond acceptors (Lipinski definition) is 5. The molecule has 3 aliphatic rings. The molecule has 2 aliphatic heterocycles. The van der Waals surface area contributed by atoms with Gasteiger partial charge < -0.3 is 25.0 Å². The molecule has 136 valence electrons. The van der Waals surface area contributed by atoms with E-state index in [4.69, 9.17) is 9.47 Å². The third kappa shape index (κ3) is 4.64. The summed E-state index contributed by atoms with van der Waals surface area (Å²) in [6.45, 7) is 4.44. The van der Waals surface area contributed by atoms with Crippen molar-refractivity contribution in [1.82, 2.24) is 10.2 Å². The lowest BCUT2D eigenvalue weighted by molar-refractivity contribution is -0.116. The molecule has 1 saturated carbocycles. The van der Waals surface area contributed by atoms with Gasteiger partial charge in [0.2, 0.25) is 12.7 Å². The number of fused-ring (bicyclic) bond motifs is 1. The van der Waals surface area contributed by atoms with Gasteiger partial charge in [0.05, 0.1) is 0 Å². The van der Waals surface area contributed by atoms with Crippen LogP contribution in [0.25, 0.3) is 0 Å². The number of piperidine rings is 1. The maximum atomic E-state index is 12.2. The Bertz CT molecular complexity index is 610. The number of nitrogens with zero attached hydrogens (tertiary/aromatic N) is 1. The van der Waals surface area contributed by atoms with Gasteiger partial charge in [0.15, 0.2) is 11.5 Å². The van der Waals surface area contributed by atoms with E-state index in [-0.39, 0.29) is 12.7 Å². The summed E-state index contributed by atoms with van der Waals surface area (Å²) in [5.41, 5.74) is 0.761. The number of rotatable bonds is 7. The third-order valence-corrected chi connectivity index (χ3v) is 5.29. The van der Waals surface area contributed by atoms with E-state index < -0.39 is 0 Å². The van der Waals surface area contributed by atoms with Gasteiger partial charge in [0.25, 0.3) is 0 Å². The summed E-state index contributed by atoms with van der Waals surface area (Å²) in [5.74, 6) is 2.42. The molecule has 6 heteroatoms. The smallest absolute Gasteiger partial charge is 0.231 e. The zero-order valence-electron chi connectivity index (χ0n) is 14.6. The Kier molecular flexibility index (Phi) is 5.08. The summed E-state index contributed by atoms with van der Waals surface area (Å²) >= 11 is 0. The SMILES string of the molecule is O=C(CCN1CCC(NCC2CC2)CC1)Nc1ccc2c(c1)OCO2. The minimum Gasteiger partial charge on any atom is -0.454 e. The molecule has 1 saturated heterocycles. The minimum atomic E-state index is 0.0489. The molecule has 25 heavy (non-hydrogen) atoms. The quantitative estimate of drug-likeness (QED) is 0.793. The van der Waals surface area contributed by atoms with E-state index in [1.807, 2.05) is 18.2 Å². The van der Waals surface area contributed by atoms with Crippen LogP contribution in [0, 0.1) is 5.92 Å². The van der Waals surface area contributed by atoms with Crippen molar-refractivity contribution in [3.05, 3.63) is 18.2 Å². The van der Waals surface area contributed by atoms with Crippen molar-refractivity contribution in [1.29, 1.82) is 0 Å². The Labute approximate surface area is 148 Å². The average Bonchev–Trinajstić information content (AvgIpc) is 3.35. The highest BCUT2D eigenvalue weighted by atomic mass is 16.7. The molecule has 0 unspecified atom stereocenters. The molecule has 1 aromatic carbocycles. The number of hydrogen-bond donors (Lipinski definition) is 2. The van der Waals surface area contributed by atoms with Crippen LogP contribution in [0.4, 0.5) is 5.69 Å². The lowest BCUT2D eigenvalue weighted by Gasteiger charge is -2.32. The molecule has 2 N–H and O–H groups in total. The Morgan fingerprint density at radius 3 is 2.72 bits per heavy atom. The second-order valence-electron chi connectivity index (χ2n) is 7.33. The second-order valence-corrected chi connectivity index (χ2v) is 7.33. The van der Waals surface area contributed by atoms with Crippen molar-refractivity contribution in [2.45, 2.75) is 38.1 Å². The first-order valence-electron chi connectivity index (χ1n) is 9.41. The zero-order chi connectivity index (χ0) is 17.1. The molecule has 0 spiro atoms. The van der Waals surface area contributed by atoms with Crippen LogP contribution in [0.1, 0.15) is 32.1 Å². The molecule has 0 radical (unpaired) electrons. The third-order valence-electron chi connectivity index (χ3n) is 5.29. The van der Waals surface area contributed by atoms with Crippen molar-refractivity contribution < 1.29 is 14.3 Å². The minimum absolute atomic E-state index is 0.0489. The van der Waals surface area contributed by atoms with Gasteiger partial charge in [-0.3, -0.25) is 4.79 Å². The summed E-state index contributed by atoms with van der Waals surface area (Å²) < 4.78 is 10.6. The van der Waals surface area contributed by atoms with Crippen LogP contribution in [-0.4, -0.2) is 49.8 Å². The van der Waals surface area contributed by atoms with Crippen LogP contribution in [-0.2, 0) is 4.79 Å². The maximum absolute atomic E-state index is 12.2. The van der Waals surface area contributed by atoms with Gasteiger partial charge in [0, 0.05) is 30.8 Å². The summed E-state index contributed by atoms with van der Waals surface area (Å²) in [5, 5.41) is 6.64. The molecule has 1 amide bonds. The highest BCUT2D eigenvalue weighted by Crippen LogP contribution is 2.34. The Morgan fingerprint density at radius 2 is 1.92 bits per heavy atom. The first kappa shape index (κ1) is 16.7. The van der Waals surface area contributed by atoms with E-state index in [1.54, 1.807) is 0 Å². The van der Waals surface area contributed by atoms with E-state index in [9.17, 15) is 4.79 Å². The molecule has 6 nitrogen and oxygen atoms in total. The summed E-state index contributed by atoms with van der Waals surface area (Å²) in [4.78, 5) is 14.6. The molecular weight excluding hydrogens is 318 g/mol. The predicted octanol–water partition coefficient (Wildman–Crippen LogP) is 2.21. The topological polar surface area (TPSA) is 62.8 Å². The maximum Gasteiger partial charge on any atom is 0.231 e. The van der Waals surface area contributed by atoms with Crippen molar-refractivity contribution >= 4 is 11.6 Å². The van der Waals surface area contributed by atoms with E-state index in [2.05, 4.69) is 15.5 Å². The summed E-state index contributed by atoms with van der Waals surface area (Å²) in [7, 11) is 0. The van der Waals surface area contributed by atoms with E-state index in [0.717, 1.165) is 37.0 Å². The molecule has 4 rings (SSSR count). The largest absolute Gasteiger partial charge is 0.454 e. The fourth-order valence-electron chi connectivity index (χ4n) is 3.47.